The molecular formula is C20H18N4O. The van der Waals surface area contributed by atoms with E-state index in [0.717, 1.165) is 33.6 Å². The van der Waals surface area contributed by atoms with Crippen molar-refractivity contribution in [3.05, 3.63) is 71.7 Å². The van der Waals surface area contributed by atoms with Crippen molar-refractivity contribution >= 4 is 11.0 Å². The molecule has 4 aromatic rings. The number of aromatic nitrogens is 4. The van der Waals surface area contributed by atoms with Crippen molar-refractivity contribution in [1.29, 1.82) is 0 Å². The maximum atomic E-state index is 6.13. The van der Waals surface area contributed by atoms with Crippen LogP contribution in [0.2, 0.25) is 0 Å². The van der Waals surface area contributed by atoms with Gasteiger partial charge in [-0.15, -0.1) is 0 Å². The summed E-state index contributed by atoms with van der Waals surface area (Å²) in [6.45, 7) is 6.19. The third kappa shape index (κ3) is 2.74. The number of fused-ring (bicyclic) bond motifs is 1. The van der Waals surface area contributed by atoms with Crippen LogP contribution in [-0.2, 0) is 0 Å². The quantitative estimate of drug-likeness (QED) is 0.554. The molecule has 0 fully saturated rings. The Morgan fingerprint density at radius 1 is 0.960 bits per heavy atom. The number of ether oxygens (including phenoxy) is 1. The number of hydrogen-bond donors (Lipinski definition) is 0. The average Bonchev–Trinajstić information content (AvgIpc) is 3.05. The number of rotatable bonds is 3. The summed E-state index contributed by atoms with van der Waals surface area (Å²) in [5, 5.41) is 5.24. The first-order chi connectivity index (χ1) is 12.1. The Labute approximate surface area is 145 Å². The van der Waals surface area contributed by atoms with Gasteiger partial charge in [0.25, 0.3) is 0 Å². The van der Waals surface area contributed by atoms with E-state index in [2.05, 4.69) is 41.9 Å². The highest BCUT2D eigenvalue weighted by Crippen LogP contribution is 2.31. The molecule has 5 heteroatoms. The molecule has 2 aromatic carbocycles. The predicted molar refractivity (Wildman–Crippen MR) is 97.4 cm³/mol. The molecule has 0 atom stereocenters. The topological polar surface area (TPSA) is 52.8 Å². The zero-order valence-electron chi connectivity index (χ0n) is 14.4. The Bertz CT molecular complexity index is 1050. The maximum absolute atomic E-state index is 6.13. The largest absolute Gasteiger partial charge is 0.438 e. The summed E-state index contributed by atoms with van der Waals surface area (Å²) in [7, 11) is 0. The van der Waals surface area contributed by atoms with E-state index in [0.29, 0.717) is 5.88 Å². The van der Waals surface area contributed by atoms with E-state index in [1.54, 1.807) is 10.9 Å². The lowest BCUT2D eigenvalue weighted by molar-refractivity contribution is 0.464. The van der Waals surface area contributed by atoms with E-state index >= 15 is 0 Å². The van der Waals surface area contributed by atoms with Gasteiger partial charge in [-0.05, 0) is 55.7 Å². The molecule has 0 aliphatic carbocycles. The molecule has 5 nitrogen and oxygen atoms in total. The molecule has 0 radical (unpaired) electrons. The molecule has 124 valence electrons. The minimum Gasteiger partial charge on any atom is -0.438 e. The predicted octanol–water partition coefficient (Wildman–Crippen LogP) is 4.53. The van der Waals surface area contributed by atoms with Crippen LogP contribution in [0.5, 0.6) is 11.6 Å². The smallest absolute Gasteiger partial charge is 0.233 e. The van der Waals surface area contributed by atoms with Crippen molar-refractivity contribution in [3.8, 4) is 17.3 Å². The fraction of sp³-hybridized carbons (Fsp3) is 0.150. The summed E-state index contributed by atoms with van der Waals surface area (Å²) in [5.74, 6) is 1.32. The second kappa shape index (κ2) is 6.02. The van der Waals surface area contributed by atoms with Crippen LogP contribution in [0.15, 0.2) is 55.0 Å². The summed E-state index contributed by atoms with van der Waals surface area (Å²) in [6, 6.07) is 14.1. The Balaban J connectivity index is 1.81. The van der Waals surface area contributed by atoms with Gasteiger partial charge in [-0.25, -0.2) is 14.6 Å². The fourth-order valence-electron chi connectivity index (χ4n) is 2.87. The molecule has 25 heavy (non-hydrogen) atoms. The van der Waals surface area contributed by atoms with Gasteiger partial charge in [-0.3, -0.25) is 0 Å². The van der Waals surface area contributed by atoms with Gasteiger partial charge >= 0.3 is 0 Å². The molecule has 0 amide bonds. The summed E-state index contributed by atoms with van der Waals surface area (Å²) in [5.41, 5.74) is 5.12. The van der Waals surface area contributed by atoms with Crippen LogP contribution in [0.25, 0.3) is 16.7 Å². The summed E-state index contributed by atoms with van der Waals surface area (Å²) < 4.78 is 7.92. The Kier molecular flexibility index (Phi) is 3.69. The van der Waals surface area contributed by atoms with Crippen molar-refractivity contribution in [2.24, 2.45) is 0 Å². The van der Waals surface area contributed by atoms with Gasteiger partial charge in [0.1, 0.15) is 17.5 Å². The van der Waals surface area contributed by atoms with Gasteiger partial charge in [0.15, 0.2) is 5.65 Å². The molecule has 4 rings (SSSR count). The minimum atomic E-state index is 0.514. The zero-order chi connectivity index (χ0) is 17.4. The maximum Gasteiger partial charge on any atom is 0.233 e. The third-order valence-corrected chi connectivity index (χ3v) is 4.30. The van der Waals surface area contributed by atoms with E-state index in [-0.39, 0.29) is 0 Å². The number of aryl methyl sites for hydroxylation is 2. The highest BCUT2D eigenvalue weighted by molar-refractivity contribution is 5.81. The molecule has 0 unspecified atom stereocenters. The zero-order valence-corrected chi connectivity index (χ0v) is 14.4. The van der Waals surface area contributed by atoms with E-state index < -0.39 is 0 Å². The number of hydrogen-bond acceptors (Lipinski definition) is 4. The van der Waals surface area contributed by atoms with Crippen molar-refractivity contribution in [2.75, 3.05) is 0 Å². The molecule has 2 heterocycles. The first-order valence-electron chi connectivity index (χ1n) is 8.13. The highest BCUT2D eigenvalue weighted by Gasteiger charge is 2.14. The van der Waals surface area contributed by atoms with Crippen LogP contribution >= 0.6 is 0 Å². The molecule has 0 spiro atoms. The molecule has 0 saturated heterocycles. The molecule has 2 aromatic heterocycles. The van der Waals surface area contributed by atoms with E-state index in [9.17, 15) is 0 Å². The van der Waals surface area contributed by atoms with E-state index in [1.165, 1.54) is 11.9 Å². The normalized spacial score (nSPS) is 11.0. The van der Waals surface area contributed by atoms with Gasteiger partial charge in [0.2, 0.25) is 5.88 Å². The van der Waals surface area contributed by atoms with Crippen LogP contribution in [0.3, 0.4) is 0 Å². The SMILES string of the molecule is Cc1cc(C)c(C)c(Oc2ncnc3c2cnn3-c2ccccc2)c1. The van der Waals surface area contributed by atoms with Crippen LogP contribution < -0.4 is 4.74 Å². The van der Waals surface area contributed by atoms with Gasteiger partial charge in [0.05, 0.1) is 11.9 Å². The number of para-hydroxylation sites is 1. The third-order valence-electron chi connectivity index (χ3n) is 4.30. The Morgan fingerprint density at radius 2 is 1.76 bits per heavy atom. The lowest BCUT2D eigenvalue weighted by Crippen LogP contribution is -1.98. The fourth-order valence-corrected chi connectivity index (χ4v) is 2.87. The highest BCUT2D eigenvalue weighted by atomic mass is 16.5. The molecule has 0 bridgehead atoms. The van der Waals surface area contributed by atoms with Gasteiger partial charge in [-0.1, -0.05) is 24.3 Å². The first-order valence-corrected chi connectivity index (χ1v) is 8.13. The van der Waals surface area contributed by atoms with Gasteiger partial charge in [0, 0.05) is 0 Å². The van der Waals surface area contributed by atoms with E-state index in [4.69, 9.17) is 4.74 Å². The number of benzene rings is 2. The molecule has 0 aliphatic heterocycles. The number of nitrogens with zero attached hydrogens (tertiary/aromatic N) is 4. The van der Waals surface area contributed by atoms with Crippen molar-refractivity contribution in [1.82, 2.24) is 19.7 Å². The summed E-state index contributed by atoms with van der Waals surface area (Å²) in [6.07, 6.45) is 3.26. The second-order valence-corrected chi connectivity index (χ2v) is 6.12. The standard InChI is InChI=1S/C20H18N4O/c1-13-9-14(2)15(3)18(10-13)25-20-17-11-23-24(19(17)21-12-22-20)16-7-5-4-6-8-16/h4-12H,1-3H3. The van der Waals surface area contributed by atoms with Crippen molar-refractivity contribution in [3.63, 3.8) is 0 Å². The first kappa shape index (κ1) is 15.3. The van der Waals surface area contributed by atoms with Gasteiger partial charge in [-0.2, -0.15) is 5.10 Å². The Hall–Kier alpha value is -3.21. The van der Waals surface area contributed by atoms with Crippen molar-refractivity contribution in [2.45, 2.75) is 20.8 Å². The van der Waals surface area contributed by atoms with E-state index in [1.807, 2.05) is 36.4 Å². The van der Waals surface area contributed by atoms with Crippen LogP contribution in [-0.4, -0.2) is 19.7 Å². The minimum absolute atomic E-state index is 0.514. The van der Waals surface area contributed by atoms with Crippen molar-refractivity contribution < 1.29 is 4.74 Å². The lowest BCUT2D eigenvalue weighted by atomic mass is 10.1. The Morgan fingerprint density at radius 3 is 2.56 bits per heavy atom. The molecule has 0 saturated carbocycles. The van der Waals surface area contributed by atoms with Crippen LogP contribution in [0, 0.1) is 20.8 Å². The lowest BCUT2D eigenvalue weighted by Gasteiger charge is -2.11. The second-order valence-electron chi connectivity index (χ2n) is 6.12. The van der Waals surface area contributed by atoms with Crippen LogP contribution in [0.4, 0.5) is 0 Å². The average molecular weight is 330 g/mol. The molecule has 0 aliphatic rings. The monoisotopic (exact) mass is 330 g/mol. The molecular weight excluding hydrogens is 312 g/mol. The summed E-state index contributed by atoms with van der Waals surface area (Å²) >= 11 is 0. The summed E-state index contributed by atoms with van der Waals surface area (Å²) in [4.78, 5) is 8.71. The van der Waals surface area contributed by atoms with Crippen LogP contribution in [0.1, 0.15) is 16.7 Å². The molecule has 0 N–H and O–H groups in total. The van der Waals surface area contributed by atoms with Gasteiger partial charge < -0.3 is 4.74 Å².